The van der Waals surface area contributed by atoms with Crippen LogP contribution in [-0.2, 0) is 10.1 Å². The van der Waals surface area contributed by atoms with Gasteiger partial charge in [-0.05, 0) is 30.3 Å². The van der Waals surface area contributed by atoms with Gasteiger partial charge in [0.25, 0.3) is 10.1 Å². The normalized spacial score (nSPS) is 13.0. The molecule has 9 heteroatoms. The molecule has 1 aliphatic rings. The number of hydrogen-bond donors (Lipinski definition) is 4. The van der Waals surface area contributed by atoms with Crippen molar-refractivity contribution < 1.29 is 22.6 Å². The van der Waals surface area contributed by atoms with E-state index in [9.17, 15) is 22.6 Å². The number of benzene rings is 3. The lowest BCUT2D eigenvalue weighted by atomic mass is 9.82. The van der Waals surface area contributed by atoms with Crippen molar-refractivity contribution in [2.45, 2.75) is 4.90 Å². The first-order chi connectivity index (χ1) is 13.7. The Kier molecular flexibility index (Phi) is 4.14. The first kappa shape index (κ1) is 18.7. The molecule has 0 saturated heterocycles. The van der Waals surface area contributed by atoms with E-state index in [2.05, 4.69) is 5.32 Å². The van der Waals surface area contributed by atoms with Gasteiger partial charge < -0.3 is 16.8 Å². The lowest BCUT2D eigenvalue weighted by molar-refractivity contribution is 0.0980. The molecule has 8 nitrogen and oxygen atoms in total. The smallest absolute Gasteiger partial charge is 0.296 e. The van der Waals surface area contributed by atoms with E-state index >= 15 is 0 Å². The van der Waals surface area contributed by atoms with Crippen molar-refractivity contribution in [1.29, 1.82) is 0 Å². The lowest BCUT2D eigenvalue weighted by Gasteiger charge is -2.22. The van der Waals surface area contributed by atoms with E-state index in [1.165, 1.54) is 30.3 Å². The number of carbonyl (C=O) groups is 2. The molecule has 6 N–H and O–H groups in total. The highest BCUT2D eigenvalue weighted by molar-refractivity contribution is 7.86. The Bertz CT molecular complexity index is 1320. The lowest BCUT2D eigenvalue weighted by Crippen LogP contribution is -2.23. The van der Waals surface area contributed by atoms with Crippen LogP contribution in [0.5, 0.6) is 0 Å². The topological polar surface area (TPSA) is 153 Å². The van der Waals surface area contributed by atoms with Gasteiger partial charge in [-0.15, -0.1) is 0 Å². The Morgan fingerprint density at radius 3 is 2.00 bits per heavy atom. The van der Waals surface area contributed by atoms with Crippen LogP contribution in [0.2, 0.25) is 0 Å². The summed E-state index contributed by atoms with van der Waals surface area (Å²) in [5, 5.41) is 2.82. The van der Waals surface area contributed by atoms with Gasteiger partial charge in [0.15, 0.2) is 11.6 Å². The molecule has 3 aromatic carbocycles. The van der Waals surface area contributed by atoms with Crippen LogP contribution in [0.1, 0.15) is 31.8 Å². The third kappa shape index (κ3) is 3.02. The van der Waals surface area contributed by atoms with Gasteiger partial charge in [-0.25, -0.2) is 0 Å². The first-order valence-corrected chi connectivity index (χ1v) is 9.87. The highest BCUT2D eigenvalue weighted by Crippen LogP contribution is 2.37. The van der Waals surface area contributed by atoms with Crippen LogP contribution >= 0.6 is 0 Å². The zero-order valence-corrected chi connectivity index (χ0v) is 15.7. The highest BCUT2D eigenvalue weighted by Gasteiger charge is 2.33. The van der Waals surface area contributed by atoms with Crippen molar-refractivity contribution in [3.05, 3.63) is 76.9 Å². The highest BCUT2D eigenvalue weighted by atomic mass is 32.2. The molecule has 0 radical (unpaired) electrons. The van der Waals surface area contributed by atoms with E-state index in [-0.39, 0.29) is 45.0 Å². The molecule has 0 aliphatic heterocycles. The van der Waals surface area contributed by atoms with Crippen molar-refractivity contribution in [3.8, 4) is 0 Å². The zero-order chi connectivity index (χ0) is 20.9. The molecule has 0 aromatic heterocycles. The minimum Gasteiger partial charge on any atom is -0.399 e. The summed E-state index contributed by atoms with van der Waals surface area (Å²) >= 11 is 0. The van der Waals surface area contributed by atoms with Crippen molar-refractivity contribution in [3.63, 3.8) is 0 Å². The third-order valence-corrected chi connectivity index (χ3v) is 5.55. The van der Waals surface area contributed by atoms with E-state index < -0.39 is 26.6 Å². The number of carbonyl (C=O) groups excluding carboxylic acids is 2. The number of rotatable bonds is 3. The number of hydrogen-bond acceptors (Lipinski definition) is 7. The summed E-state index contributed by atoms with van der Waals surface area (Å²) < 4.78 is 33.0. The molecular formula is C20H15N3O5S. The van der Waals surface area contributed by atoms with E-state index in [0.29, 0.717) is 0 Å². The number of ketones is 2. The van der Waals surface area contributed by atoms with Crippen molar-refractivity contribution in [1.82, 2.24) is 0 Å². The van der Waals surface area contributed by atoms with Crippen molar-refractivity contribution >= 4 is 44.4 Å². The molecular weight excluding hydrogens is 394 g/mol. The second kappa shape index (κ2) is 6.43. The molecule has 0 amide bonds. The first-order valence-electron chi connectivity index (χ1n) is 8.43. The monoisotopic (exact) mass is 409 g/mol. The third-order valence-electron chi connectivity index (χ3n) is 4.66. The maximum absolute atomic E-state index is 13.1. The Balaban J connectivity index is 1.92. The summed E-state index contributed by atoms with van der Waals surface area (Å²) in [6.07, 6.45) is 0. The van der Waals surface area contributed by atoms with Gasteiger partial charge in [0, 0.05) is 22.5 Å². The summed E-state index contributed by atoms with van der Waals surface area (Å²) in [5.74, 6) is -0.822. The van der Waals surface area contributed by atoms with Crippen LogP contribution in [0.4, 0.5) is 22.7 Å². The maximum atomic E-state index is 13.1. The molecule has 4 rings (SSSR count). The van der Waals surface area contributed by atoms with Gasteiger partial charge in [-0.3, -0.25) is 14.1 Å². The Morgan fingerprint density at radius 2 is 1.38 bits per heavy atom. The predicted molar refractivity (Wildman–Crippen MR) is 108 cm³/mol. The van der Waals surface area contributed by atoms with Crippen LogP contribution in [0.3, 0.4) is 0 Å². The predicted octanol–water partition coefficient (Wildman–Crippen LogP) is 2.62. The van der Waals surface area contributed by atoms with Gasteiger partial charge in [-0.2, -0.15) is 8.42 Å². The summed E-state index contributed by atoms with van der Waals surface area (Å²) in [6.45, 7) is 0. The average molecular weight is 409 g/mol. The van der Waals surface area contributed by atoms with Crippen LogP contribution in [0, 0.1) is 0 Å². The van der Waals surface area contributed by atoms with Gasteiger partial charge in [0.05, 0.1) is 22.5 Å². The van der Waals surface area contributed by atoms with Gasteiger partial charge in [-0.1, -0.05) is 24.3 Å². The second-order valence-corrected chi connectivity index (χ2v) is 7.90. The quantitative estimate of drug-likeness (QED) is 0.297. The standard InChI is InChI=1S/C20H15N3O5S/c21-10-5-7-14(16(9-10)29(26,27)28)23-15-8-6-13(22)17-18(15)20(25)12-4-2-1-3-11(12)19(17)24/h1-9,23H,21-22H2,(H,26,27,28). The number of nitrogens with one attached hydrogen (secondary N) is 1. The summed E-state index contributed by atoms with van der Waals surface area (Å²) in [7, 11) is -4.60. The Morgan fingerprint density at radius 1 is 0.793 bits per heavy atom. The van der Waals surface area contributed by atoms with Crippen LogP contribution in [0.25, 0.3) is 0 Å². The molecule has 29 heavy (non-hydrogen) atoms. The van der Waals surface area contributed by atoms with Gasteiger partial charge >= 0.3 is 0 Å². The van der Waals surface area contributed by atoms with Gasteiger partial charge in [0.2, 0.25) is 0 Å². The number of nitrogen functional groups attached to an aromatic ring is 2. The van der Waals surface area contributed by atoms with Crippen LogP contribution in [0.15, 0.2) is 59.5 Å². The molecule has 146 valence electrons. The Labute approximate surface area is 165 Å². The molecule has 0 spiro atoms. The molecule has 1 aliphatic carbocycles. The molecule has 0 heterocycles. The molecule has 0 fully saturated rings. The second-order valence-electron chi connectivity index (χ2n) is 6.51. The Hall–Kier alpha value is -3.69. The maximum Gasteiger partial charge on any atom is 0.296 e. The van der Waals surface area contributed by atoms with E-state index in [1.54, 1.807) is 18.2 Å². The molecule has 3 aromatic rings. The largest absolute Gasteiger partial charge is 0.399 e. The molecule has 0 saturated carbocycles. The summed E-state index contributed by atoms with van der Waals surface area (Å²) in [4.78, 5) is 25.6. The molecule has 0 bridgehead atoms. The average Bonchev–Trinajstić information content (AvgIpc) is 2.68. The molecule has 0 unspecified atom stereocenters. The fraction of sp³-hybridized carbons (Fsp3) is 0. The fourth-order valence-corrected chi connectivity index (χ4v) is 4.03. The SMILES string of the molecule is Nc1ccc(Nc2ccc(N)c3c2C(=O)c2ccccc2C3=O)c(S(=O)(=O)O)c1. The zero-order valence-electron chi connectivity index (χ0n) is 14.8. The van der Waals surface area contributed by atoms with E-state index in [0.717, 1.165) is 6.07 Å². The number of nitrogens with two attached hydrogens (primary N) is 2. The number of anilines is 4. The minimum atomic E-state index is -4.60. The summed E-state index contributed by atoms with van der Waals surface area (Å²) in [5.41, 5.74) is 12.6. The summed E-state index contributed by atoms with van der Waals surface area (Å²) in [6, 6.07) is 13.2. The van der Waals surface area contributed by atoms with E-state index in [4.69, 9.17) is 11.5 Å². The van der Waals surface area contributed by atoms with E-state index in [1.807, 2.05) is 0 Å². The fourth-order valence-electron chi connectivity index (χ4n) is 3.35. The minimum absolute atomic E-state index is 0.00669. The van der Waals surface area contributed by atoms with Crippen LogP contribution < -0.4 is 16.8 Å². The molecule has 0 atom stereocenters. The van der Waals surface area contributed by atoms with Crippen molar-refractivity contribution in [2.75, 3.05) is 16.8 Å². The van der Waals surface area contributed by atoms with Crippen molar-refractivity contribution in [2.24, 2.45) is 0 Å². The van der Waals surface area contributed by atoms with Crippen LogP contribution in [-0.4, -0.2) is 24.5 Å². The number of fused-ring (bicyclic) bond motifs is 2. The van der Waals surface area contributed by atoms with Gasteiger partial charge in [0.1, 0.15) is 4.90 Å².